The van der Waals surface area contributed by atoms with Crippen LogP contribution in [0.4, 0.5) is 0 Å². The topological polar surface area (TPSA) is 57.2 Å². The Labute approximate surface area is 220 Å². The van der Waals surface area contributed by atoms with Crippen LogP contribution in [0.2, 0.25) is 0 Å². The fraction of sp³-hybridized carbons (Fsp3) is 0.583. The minimum atomic E-state index is -4.41. The molecule has 2 aromatic rings. The summed E-state index contributed by atoms with van der Waals surface area (Å²) >= 11 is 0. The molecule has 3 nitrogen and oxygen atoms in total. The van der Waals surface area contributed by atoms with Crippen LogP contribution in [0, 0.1) is 0 Å². The molecule has 0 unspecified atom stereocenters. The van der Waals surface area contributed by atoms with E-state index in [0.717, 1.165) is 29.2 Å². The minimum Gasteiger partial charge on any atom is -0.744 e. The average molecular weight is 443 g/mol. The van der Waals surface area contributed by atoms with Crippen molar-refractivity contribution in [1.29, 1.82) is 0 Å². The summed E-state index contributed by atoms with van der Waals surface area (Å²) in [7, 11) is -4.41. The summed E-state index contributed by atoms with van der Waals surface area (Å²) in [6, 6.07) is 10.7. The molecule has 0 aliphatic rings. The number of benzene rings is 2. The summed E-state index contributed by atoms with van der Waals surface area (Å²) in [6.45, 7) is 2.26. The molecule has 0 amide bonds. The summed E-state index contributed by atoms with van der Waals surface area (Å²) in [5.74, 6) is 0. The van der Waals surface area contributed by atoms with Crippen molar-refractivity contribution in [1.82, 2.24) is 0 Å². The van der Waals surface area contributed by atoms with Gasteiger partial charge in [0.05, 0.1) is 4.90 Å². The fourth-order valence-electron chi connectivity index (χ4n) is 3.85. The molecule has 29 heavy (non-hydrogen) atoms. The number of fused-ring (bicyclic) bond motifs is 1. The molecule has 0 saturated heterocycles. The van der Waals surface area contributed by atoms with E-state index in [1.165, 1.54) is 82.8 Å². The molecule has 0 aliphatic heterocycles. The number of hydrogen-bond donors (Lipinski definition) is 0. The number of rotatable bonds is 14. The van der Waals surface area contributed by atoms with Crippen molar-refractivity contribution in [3.8, 4) is 0 Å². The molecule has 0 N–H and O–H groups in total. The second-order valence-corrected chi connectivity index (χ2v) is 9.27. The summed E-state index contributed by atoms with van der Waals surface area (Å²) in [5, 5.41) is 1.88. The standard InChI is InChI=1S/C24H36O3S.K/c1-2-3-4-5-6-7-8-9-10-11-12-13-15-21-16-14-17-22-18-19-23(20-24(21)22)28(25,26)27;/h14,16-20H,2-13,15H2,1H3,(H,25,26,27);/q;+1/p-1. The van der Waals surface area contributed by atoms with E-state index < -0.39 is 10.1 Å². The maximum Gasteiger partial charge on any atom is 1.00 e. The maximum atomic E-state index is 11.3. The summed E-state index contributed by atoms with van der Waals surface area (Å²) in [6.07, 6.45) is 16.8. The van der Waals surface area contributed by atoms with Crippen LogP contribution in [0.1, 0.15) is 89.5 Å². The van der Waals surface area contributed by atoms with Gasteiger partial charge in [-0.2, -0.15) is 0 Å². The summed E-state index contributed by atoms with van der Waals surface area (Å²) in [5.41, 5.74) is 1.13. The van der Waals surface area contributed by atoms with E-state index in [1.807, 2.05) is 18.2 Å². The second-order valence-electron chi connectivity index (χ2n) is 7.89. The summed E-state index contributed by atoms with van der Waals surface area (Å²) < 4.78 is 33.9. The van der Waals surface area contributed by atoms with Gasteiger partial charge in [0.2, 0.25) is 0 Å². The maximum absolute atomic E-state index is 11.3. The molecule has 0 fully saturated rings. The molecule has 156 valence electrons. The van der Waals surface area contributed by atoms with Gasteiger partial charge >= 0.3 is 51.4 Å². The molecule has 0 spiro atoms. The third-order valence-corrected chi connectivity index (χ3v) is 6.36. The van der Waals surface area contributed by atoms with Crippen LogP contribution in [0.25, 0.3) is 10.8 Å². The zero-order valence-electron chi connectivity index (χ0n) is 18.3. The molecular weight excluding hydrogens is 407 g/mol. The van der Waals surface area contributed by atoms with Crippen LogP contribution in [0.3, 0.4) is 0 Å². The van der Waals surface area contributed by atoms with Gasteiger partial charge in [0, 0.05) is 0 Å². The van der Waals surface area contributed by atoms with E-state index in [0.29, 0.717) is 0 Å². The molecule has 0 bridgehead atoms. The van der Waals surface area contributed by atoms with Crippen LogP contribution < -0.4 is 51.4 Å². The molecule has 0 atom stereocenters. The zero-order valence-corrected chi connectivity index (χ0v) is 22.2. The van der Waals surface area contributed by atoms with Crippen molar-refractivity contribution < 1.29 is 64.4 Å². The Kier molecular flexibility index (Phi) is 14.2. The summed E-state index contributed by atoms with van der Waals surface area (Å²) in [4.78, 5) is -0.137. The Morgan fingerprint density at radius 2 is 1.31 bits per heavy atom. The van der Waals surface area contributed by atoms with Crippen molar-refractivity contribution in [2.24, 2.45) is 0 Å². The van der Waals surface area contributed by atoms with Crippen molar-refractivity contribution in [2.45, 2.75) is 95.3 Å². The second kappa shape index (κ2) is 15.1. The van der Waals surface area contributed by atoms with Crippen LogP contribution in [0.5, 0.6) is 0 Å². The first-order valence-corrected chi connectivity index (χ1v) is 12.4. The quantitative estimate of drug-likeness (QED) is 0.252. The van der Waals surface area contributed by atoms with Crippen LogP contribution in [-0.4, -0.2) is 13.0 Å². The van der Waals surface area contributed by atoms with Gasteiger partial charge in [0.1, 0.15) is 10.1 Å². The first-order chi connectivity index (χ1) is 13.5. The predicted octanol–water partition coefficient (Wildman–Crippen LogP) is 3.99. The first kappa shape index (κ1) is 27.3. The van der Waals surface area contributed by atoms with Gasteiger partial charge < -0.3 is 4.55 Å². The number of unbranched alkanes of at least 4 members (excludes halogenated alkanes) is 11. The molecule has 5 heteroatoms. The van der Waals surface area contributed by atoms with E-state index in [9.17, 15) is 13.0 Å². The van der Waals surface area contributed by atoms with E-state index in [1.54, 1.807) is 6.07 Å². The molecule has 2 rings (SSSR count). The normalized spacial score (nSPS) is 11.5. The van der Waals surface area contributed by atoms with E-state index in [-0.39, 0.29) is 56.3 Å². The van der Waals surface area contributed by atoms with Gasteiger partial charge in [-0.25, -0.2) is 8.42 Å². The molecule has 0 radical (unpaired) electrons. The van der Waals surface area contributed by atoms with Crippen LogP contribution >= 0.6 is 0 Å². The Bertz CT molecular complexity index is 818. The first-order valence-electron chi connectivity index (χ1n) is 11.0. The van der Waals surface area contributed by atoms with Crippen molar-refractivity contribution in [2.75, 3.05) is 0 Å². The van der Waals surface area contributed by atoms with Crippen molar-refractivity contribution in [3.63, 3.8) is 0 Å². The van der Waals surface area contributed by atoms with Gasteiger partial charge in [-0.1, -0.05) is 102 Å². The third kappa shape index (κ3) is 10.4. The van der Waals surface area contributed by atoms with Crippen LogP contribution in [-0.2, 0) is 16.5 Å². The Hall–Kier alpha value is 0.246. The fourth-order valence-corrected chi connectivity index (χ4v) is 4.34. The van der Waals surface area contributed by atoms with Gasteiger partial charge in [-0.3, -0.25) is 0 Å². The third-order valence-electron chi connectivity index (χ3n) is 5.53. The van der Waals surface area contributed by atoms with E-state index >= 15 is 0 Å². The van der Waals surface area contributed by atoms with Gasteiger partial charge in [0.15, 0.2) is 0 Å². The molecule has 0 aromatic heterocycles. The van der Waals surface area contributed by atoms with Crippen LogP contribution in [0.15, 0.2) is 41.3 Å². The Morgan fingerprint density at radius 1 is 0.759 bits per heavy atom. The predicted molar refractivity (Wildman–Crippen MR) is 117 cm³/mol. The molecule has 0 saturated carbocycles. The molecule has 0 heterocycles. The van der Waals surface area contributed by atoms with Gasteiger partial charge in [-0.15, -0.1) is 0 Å². The van der Waals surface area contributed by atoms with Gasteiger partial charge in [-0.05, 0) is 41.3 Å². The minimum absolute atomic E-state index is 0. The zero-order chi connectivity index (χ0) is 20.2. The van der Waals surface area contributed by atoms with Gasteiger partial charge in [0.25, 0.3) is 0 Å². The smallest absolute Gasteiger partial charge is 0.744 e. The monoisotopic (exact) mass is 442 g/mol. The Balaban J connectivity index is 0.00000420. The van der Waals surface area contributed by atoms with E-state index in [2.05, 4.69) is 6.92 Å². The van der Waals surface area contributed by atoms with Crippen molar-refractivity contribution in [3.05, 3.63) is 42.0 Å². The average Bonchev–Trinajstić information content (AvgIpc) is 2.68. The molecule has 2 aromatic carbocycles. The van der Waals surface area contributed by atoms with E-state index in [4.69, 9.17) is 0 Å². The van der Waals surface area contributed by atoms with Crippen molar-refractivity contribution >= 4 is 20.9 Å². The number of aryl methyl sites for hydroxylation is 1. The molecular formula is C24H35KO3S. The molecule has 0 aliphatic carbocycles. The largest absolute Gasteiger partial charge is 1.00 e. The number of hydrogen-bond acceptors (Lipinski definition) is 3. The Morgan fingerprint density at radius 3 is 1.86 bits per heavy atom. The SMILES string of the molecule is CCCCCCCCCCCCCCc1cccc2ccc(S(=O)(=O)[O-])cc12.[K+].